The fourth-order valence-electron chi connectivity index (χ4n) is 1.86. The molecule has 0 saturated carbocycles. The largest absolute Gasteiger partial charge is 0.478 e. The minimum atomic E-state index is -0.477. The van der Waals surface area contributed by atoms with Gasteiger partial charge in [-0.15, -0.1) is 0 Å². The minimum Gasteiger partial charge on any atom is -0.478 e. The molecule has 104 valence electrons. The molecule has 0 N–H and O–H groups in total. The van der Waals surface area contributed by atoms with Gasteiger partial charge >= 0.3 is 0 Å². The molecule has 19 heavy (non-hydrogen) atoms. The van der Waals surface area contributed by atoms with Crippen molar-refractivity contribution < 1.29 is 14.4 Å². The molecular formula is C12H17N3O4. The van der Waals surface area contributed by atoms with E-state index in [4.69, 9.17) is 9.47 Å². The Bertz CT molecular complexity index is 404. The first-order valence-corrected chi connectivity index (χ1v) is 6.29. The van der Waals surface area contributed by atoms with Gasteiger partial charge in [0.1, 0.15) is 6.20 Å². The lowest BCUT2D eigenvalue weighted by Crippen LogP contribution is -2.37. The first-order chi connectivity index (χ1) is 9.25. The second-order valence-electron chi connectivity index (χ2n) is 4.27. The van der Waals surface area contributed by atoms with Gasteiger partial charge in [0.05, 0.1) is 24.7 Å². The molecule has 2 heterocycles. The van der Waals surface area contributed by atoms with E-state index in [9.17, 15) is 10.1 Å². The fourth-order valence-corrected chi connectivity index (χ4v) is 1.86. The number of hydrogen-bond donors (Lipinski definition) is 0. The molecule has 0 amide bonds. The molecule has 1 aliphatic rings. The van der Waals surface area contributed by atoms with Gasteiger partial charge in [-0.2, -0.15) is 0 Å². The Kier molecular flexibility index (Phi) is 5.05. The van der Waals surface area contributed by atoms with Gasteiger partial charge in [-0.25, -0.2) is 4.98 Å². The molecule has 1 aromatic heterocycles. The van der Waals surface area contributed by atoms with Crippen molar-refractivity contribution in [3.8, 4) is 5.88 Å². The van der Waals surface area contributed by atoms with E-state index in [0.29, 0.717) is 12.5 Å². The van der Waals surface area contributed by atoms with Gasteiger partial charge in [0.2, 0.25) is 5.88 Å². The Hall–Kier alpha value is -1.73. The summed E-state index contributed by atoms with van der Waals surface area (Å²) in [6.07, 6.45) is 2.11. The van der Waals surface area contributed by atoms with Crippen molar-refractivity contribution >= 4 is 5.69 Å². The lowest BCUT2D eigenvalue weighted by Gasteiger charge is -2.26. The van der Waals surface area contributed by atoms with Crippen LogP contribution in [0, 0.1) is 10.1 Å². The quantitative estimate of drug-likeness (QED) is 0.436. The van der Waals surface area contributed by atoms with Crippen LogP contribution in [0.15, 0.2) is 18.3 Å². The lowest BCUT2D eigenvalue weighted by molar-refractivity contribution is -0.385. The number of hydrogen-bond acceptors (Lipinski definition) is 6. The van der Waals surface area contributed by atoms with E-state index in [1.807, 2.05) is 0 Å². The van der Waals surface area contributed by atoms with E-state index in [-0.39, 0.29) is 5.69 Å². The second kappa shape index (κ2) is 7.01. The zero-order valence-electron chi connectivity index (χ0n) is 10.7. The van der Waals surface area contributed by atoms with E-state index in [2.05, 4.69) is 9.88 Å². The average molecular weight is 267 g/mol. The summed E-state index contributed by atoms with van der Waals surface area (Å²) in [7, 11) is 0. The molecule has 1 aromatic rings. The third-order valence-corrected chi connectivity index (χ3v) is 2.90. The van der Waals surface area contributed by atoms with Crippen LogP contribution in [-0.4, -0.2) is 54.3 Å². The third-order valence-electron chi connectivity index (χ3n) is 2.90. The van der Waals surface area contributed by atoms with E-state index in [1.165, 1.54) is 18.3 Å². The molecule has 0 unspecified atom stereocenters. The number of pyridine rings is 1. The van der Waals surface area contributed by atoms with Crippen molar-refractivity contribution in [3.63, 3.8) is 0 Å². The predicted octanol–water partition coefficient (Wildman–Crippen LogP) is 1.09. The highest BCUT2D eigenvalue weighted by Gasteiger charge is 2.09. The molecule has 0 atom stereocenters. The average Bonchev–Trinajstić information content (AvgIpc) is 2.45. The van der Waals surface area contributed by atoms with Crippen LogP contribution in [0.5, 0.6) is 5.88 Å². The second-order valence-corrected chi connectivity index (χ2v) is 4.27. The zero-order chi connectivity index (χ0) is 13.5. The first kappa shape index (κ1) is 13.7. The van der Waals surface area contributed by atoms with Crippen LogP contribution in [-0.2, 0) is 4.74 Å². The smallest absolute Gasteiger partial charge is 0.287 e. The minimum absolute atomic E-state index is 0.0272. The topological polar surface area (TPSA) is 77.7 Å². The summed E-state index contributed by atoms with van der Waals surface area (Å²) in [6.45, 7) is 5.06. The molecule has 1 saturated heterocycles. The summed E-state index contributed by atoms with van der Waals surface area (Å²) in [5.41, 5.74) is -0.0272. The van der Waals surface area contributed by atoms with Gasteiger partial charge < -0.3 is 9.47 Å². The summed E-state index contributed by atoms with van der Waals surface area (Å²) in [6, 6.07) is 2.91. The van der Waals surface area contributed by atoms with Gasteiger partial charge in [-0.05, 0) is 6.42 Å². The highest BCUT2D eigenvalue weighted by molar-refractivity contribution is 5.28. The molecule has 0 aliphatic carbocycles. The number of morpholine rings is 1. The van der Waals surface area contributed by atoms with E-state index < -0.39 is 4.92 Å². The van der Waals surface area contributed by atoms with Gasteiger partial charge in [-0.1, -0.05) is 0 Å². The molecule has 0 spiro atoms. The maximum Gasteiger partial charge on any atom is 0.287 e. The molecule has 0 bridgehead atoms. The Morgan fingerprint density at radius 1 is 1.42 bits per heavy atom. The number of ether oxygens (including phenoxy) is 2. The Balaban J connectivity index is 1.66. The Morgan fingerprint density at radius 2 is 2.21 bits per heavy atom. The highest BCUT2D eigenvalue weighted by atomic mass is 16.6. The fraction of sp³-hybridized carbons (Fsp3) is 0.583. The number of nitrogens with zero attached hydrogens (tertiary/aromatic N) is 3. The van der Waals surface area contributed by atoms with Crippen molar-refractivity contribution in [3.05, 3.63) is 28.4 Å². The van der Waals surface area contributed by atoms with Crippen molar-refractivity contribution in [2.45, 2.75) is 6.42 Å². The monoisotopic (exact) mass is 267 g/mol. The summed E-state index contributed by atoms with van der Waals surface area (Å²) in [5, 5.41) is 10.5. The van der Waals surface area contributed by atoms with Crippen LogP contribution in [0.3, 0.4) is 0 Å². The van der Waals surface area contributed by atoms with Crippen LogP contribution in [0.4, 0.5) is 5.69 Å². The molecule has 1 fully saturated rings. The maximum absolute atomic E-state index is 10.5. The van der Waals surface area contributed by atoms with Gasteiger partial charge in [0, 0.05) is 31.8 Å². The van der Waals surface area contributed by atoms with Crippen LogP contribution in [0.2, 0.25) is 0 Å². The van der Waals surface area contributed by atoms with E-state index >= 15 is 0 Å². The molecule has 0 radical (unpaired) electrons. The van der Waals surface area contributed by atoms with Gasteiger partial charge in [0.15, 0.2) is 0 Å². The normalized spacial score (nSPS) is 16.2. The predicted molar refractivity (Wildman–Crippen MR) is 68.3 cm³/mol. The lowest BCUT2D eigenvalue weighted by atomic mass is 10.3. The van der Waals surface area contributed by atoms with E-state index in [0.717, 1.165) is 39.3 Å². The molecule has 7 nitrogen and oxygen atoms in total. The first-order valence-electron chi connectivity index (χ1n) is 6.29. The molecule has 0 aromatic carbocycles. The summed E-state index contributed by atoms with van der Waals surface area (Å²) < 4.78 is 10.7. The molecular weight excluding hydrogens is 250 g/mol. The van der Waals surface area contributed by atoms with Crippen LogP contribution in [0.1, 0.15) is 6.42 Å². The highest BCUT2D eigenvalue weighted by Crippen LogP contribution is 2.13. The Labute approximate surface area is 111 Å². The molecule has 7 heteroatoms. The zero-order valence-corrected chi connectivity index (χ0v) is 10.7. The van der Waals surface area contributed by atoms with Crippen molar-refractivity contribution in [2.24, 2.45) is 0 Å². The number of aromatic nitrogens is 1. The van der Waals surface area contributed by atoms with Crippen LogP contribution < -0.4 is 4.74 Å². The summed E-state index contributed by atoms with van der Waals surface area (Å²) in [4.78, 5) is 16.2. The van der Waals surface area contributed by atoms with Crippen LogP contribution >= 0.6 is 0 Å². The maximum atomic E-state index is 10.5. The van der Waals surface area contributed by atoms with Crippen LogP contribution in [0.25, 0.3) is 0 Å². The van der Waals surface area contributed by atoms with E-state index in [1.54, 1.807) is 0 Å². The Morgan fingerprint density at radius 3 is 2.84 bits per heavy atom. The van der Waals surface area contributed by atoms with Crippen molar-refractivity contribution in [2.75, 3.05) is 39.5 Å². The molecule has 1 aliphatic heterocycles. The van der Waals surface area contributed by atoms with Crippen molar-refractivity contribution in [1.82, 2.24) is 9.88 Å². The third kappa shape index (κ3) is 4.46. The number of rotatable bonds is 6. The summed E-state index contributed by atoms with van der Waals surface area (Å²) >= 11 is 0. The van der Waals surface area contributed by atoms with Crippen molar-refractivity contribution in [1.29, 1.82) is 0 Å². The van der Waals surface area contributed by atoms with Gasteiger partial charge in [-0.3, -0.25) is 15.0 Å². The SMILES string of the molecule is O=[N+]([O-])c1ccc(OCCCN2CCOCC2)nc1. The standard InChI is InChI=1S/C12H17N3O4/c16-15(17)11-2-3-12(13-10-11)19-7-1-4-14-5-8-18-9-6-14/h2-3,10H,1,4-9H2. The van der Waals surface area contributed by atoms with Gasteiger partial charge in [0.25, 0.3) is 5.69 Å². The summed E-state index contributed by atoms with van der Waals surface area (Å²) in [5.74, 6) is 0.424. The number of nitro groups is 1. The molecule has 2 rings (SSSR count).